The molecule has 2 fully saturated rings. The van der Waals surface area contributed by atoms with Gasteiger partial charge in [0.25, 0.3) is 0 Å². The lowest BCUT2D eigenvalue weighted by Gasteiger charge is -2.49. The van der Waals surface area contributed by atoms with Crippen LogP contribution in [-0.4, -0.2) is 29.9 Å². The average Bonchev–Trinajstić information content (AvgIpc) is 2.70. The van der Waals surface area contributed by atoms with Crippen molar-refractivity contribution < 1.29 is 23.9 Å². The normalized spacial score (nSPS) is 40.1. The monoisotopic (exact) mass is 302 g/mol. The van der Waals surface area contributed by atoms with Crippen molar-refractivity contribution in [1.82, 2.24) is 0 Å². The lowest BCUT2D eigenvalue weighted by atomic mass is 9.56. The number of fused-ring (bicyclic) bond motifs is 3. The summed E-state index contributed by atoms with van der Waals surface area (Å²) < 4.78 is 10.9. The first-order valence-electron chi connectivity index (χ1n) is 7.24. The Balaban J connectivity index is 2.07. The number of hydrogen-bond acceptors (Lipinski definition) is 5. The molecule has 0 amide bonds. The zero-order chi connectivity index (χ0) is 16.2. The highest BCUT2D eigenvalue weighted by atomic mass is 16.6. The highest BCUT2D eigenvalue weighted by molar-refractivity contribution is 6.05. The van der Waals surface area contributed by atoms with Crippen LogP contribution in [0.1, 0.15) is 20.3 Å². The van der Waals surface area contributed by atoms with E-state index < -0.39 is 35.5 Å². The molecule has 1 saturated carbocycles. The molecule has 2 aliphatic carbocycles. The van der Waals surface area contributed by atoms with Crippen molar-refractivity contribution in [2.45, 2.75) is 32.5 Å². The second-order valence-electron chi connectivity index (χ2n) is 6.48. The van der Waals surface area contributed by atoms with Crippen molar-refractivity contribution >= 4 is 17.7 Å². The van der Waals surface area contributed by atoms with Crippen LogP contribution in [0.3, 0.4) is 0 Å². The molecule has 0 aromatic heterocycles. The molecule has 0 spiro atoms. The van der Waals surface area contributed by atoms with E-state index in [1.807, 2.05) is 13.0 Å². The maximum absolute atomic E-state index is 12.0. The number of rotatable bonds is 1. The van der Waals surface area contributed by atoms with Gasteiger partial charge in [-0.2, -0.15) is 0 Å². The van der Waals surface area contributed by atoms with Gasteiger partial charge in [-0.1, -0.05) is 26.2 Å². The number of carbonyl (C=O) groups is 3. The molecule has 5 heteroatoms. The SMILES string of the molecule is C=C1C(=O)O[C@H]2[C@H]1[C@@H](OC(C)=O)C[C@@]1(C)C=CC(=O)C(=C)[C@@H]21. The maximum Gasteiger partial charge on any atom is 0.334 e. The summed E-state index contributed by atoms with van der Waals surface area (Å²) in [6.45, 7) is 11.0. The van der Waals surface area contributed by atoms with Gasteiger partial charge in [0, 0.05) is 18.4 Å². The zero-order valence-electron chi connectivity index (χ0n) is 12.6. The van der Waals surface area contributed by atoms with Crippen LogP contribution < -0.4 is 0 Å². The van der Waals surface area contributed by atoms with Gasteiger partial charge in [0.05, 0.1) is 5.92 Å². The molecule has 5 nitrogen and oxygen atoms in total. The minimum Gasteiger partial charge on any atom is -0.462 e. The third kappa shape index (κ3) is 1.95. The molecule has 0 bridgehead atoms. The van der Waals surface area contributed by atoms with Crippen molar-refractivity contribution in [3.05, 3.63) is 36.5 Å². The van der Waals surface area contributed by atoms with Gasteiger partial charge in [-0.05, 0) is 23.5 Å². The molecule has 1 aliphatic heterocycles. The second kappa shape index (κ2) is 4.66. The number of esters is 2. The summed E-state index contributed by atoms with van der Waals surface area (Å²) in [6, 6.07) is 0. The fourth-order valence-corrected chi connectivity index (χ4v) is 4.00. The molecule has 0 unspecified atom stereocenters. The van der Waals surface area contributed by atoms with Crippen molar-refractivity contribution in [2.75, 3.05) is 0 Å². The van der Waals surface area contributed by atoms with Gasteiger partial charge in [-0.3, -0.25) is 9.59 Å². The first kappa shape index (κ1) is 14.8. The largest absolute Gasteiger partial charge is 0.462 e. The van der Waals surface area contributed by atoms with Crippen molar-refractivity contribution in [1.29, 1.82) is 0 Å². The second-order valence-corrected chi connectivity index (χ2v) is 6.48. The first-order chi connectivity index (χ1) is 10.2. The third-order valence-electron chi connectivity index (χ3n) is 4.97. The van der Waals surface area contributed by atoms with Gasteiger partial charge in [0.2, 0.25) is 0 Å². The third-order valence-corrected chi connectivity index (χ3v) is 4.97. The highest BCUT2D eigenvalue weighted by Gasteiger charge is 2.60. The van der Waals surface area contributed by atoms with Crippen molar-refractivity contribution in [3.63, 3.8) is 0 Å². The molecular formula is C17H18O5. The van der Waals surface area contributed by atoms with Gasteiger partial charge in [0.1, 0.15) is 12.2 Å². The van der Waals surface area contributed by atoms with Crippen molar-refractivity contribution in [2.24, 2.45) is 17.3 Å². The number of allylic oxidation sites excluding steroid dienone is 2. The van der Waals surface area contributed by atoms with Crippen LogP contribution in [0.25, 0.3) is 0 Å². The zero-order valence-corrected chi connectivity index (χ0v) is 12.6. The smallest absolute Gasteiger partial charge is 0.334 e. The summed E-state index contributed by atoms with van der Waals surface area (Å²) in [4.78, 5) is 35.3. The van der Waals surface area contributed by atoms with Crippen LogP contribution in [-0.2, 0) is 23.9 Å². The van der Waals surface area contributed by atoms with Crippen LogP contribution in [0.5, 0.6) is 0 Å². The Morgan fingerprint density at radius 3 is 2.68 bits per heavy atom. The van der Waals surface area contributed by atoms with Crippen LogP contribution in [0.2, 0.25) is 0 Å². The van der Waals surface area contributed by atoms with Gasteiger partial charge in [0.15, 0.2) is 5.78 Å². The maximum atomic E-state index is 12.0. The van der Waals surface area contributed by atoms with Gasteiger partial charge in [-0.15, -0.1) is 0 Å². The molecule has 1 saturated heterocycles. The van der Waals surface area contributed by atoms with Crippen LogP contribution >= 0.6 is 0 Å². The van der Waals surface area contributed by atoms with E-state index >= 15 is 0 Å². The lowest BCUT2D eigenvalue weighted by molar-refractivity contribution is -0.161. The summed E-state index contributed by atoms with van der Waals surface area (Å²) in [7, 11) is 0. The summed E-state index contributed by atoms with van der Waals surface area (Å²) in [5, 5.41) is 0. The quantitative estimate of drug-likeness (QED) is 0.545. The Hall–Kier alpha value is -2.17. The van der Waals surface area contributed by atoms with E-state index in [0.29, 0.717) is 17.6 Å². The standard InChI is InChI=1S/C17H18O5/c1-8-11(19)5-6-17(4)7-12(21-10(3)18)13-9(2)16(20)22-15(13)14(8)17/h5-6,12-15H,1-2,7H2,3-4H3/t12-,13+,14-,15-,17+/m0/s1. The summed E-state index contributed by atoms with van der Waals surface area (Å²) in [5.74, 6) is -1.80. The predicted molar refractivity (Wildman–Crippen MR) is 77.6 cm³/mol. The Morgan fingerprint density at radius 1 is 1.36 bits per heavy atom. The number of ether oxygens (including phenoxy) is 2. The molecule has 3 aliphatic rings. The predicted octanol–water partition coefficient (Wildman–Crippen LogP) is 1.74. The Kier molecular flexibility index (Phi) is 3.13. The molecule has 0 aromatic rings. The molecule has 1 heterocycles. The highest BCUT2D eigenvalue weighted by Crippen LogP contribution is 2.55. The van der Waals surface area contributed by atoms with Crippen LogP contribution in [0.4, 0.5) is 0 Å². The Bertz CT molecular complexity index is 643. The summed E-state index contributed by atoms with van der Waals surface area (Å²) >= 11 is 0. The van der Waals surface area contributed by atoms with E-state index in [9.17, 15) is 14.4 Å². The van der Waals surface area contributed by atoms with E-state index in [-0.39, 0.29) is 11.7 Å². The van der Waals surface area contributed by atoms with Gasteiger partial charge in [-0.25, -0.2) is 4.79 Å². The fraction of sp³-hybridized carbons (Fsp3) is 0.471. The molecule has 5 atom stereocenters. The van der Waals surface area contributed by atoms with E-state index in [2.05, 4.69) is 13.2 Å². The Labute approximate surface area is 128 Å². The van der Waals surface area contributed by atoms with E-state index in [4.69, 9.17) is 9.47 Å². The average molecular weight is 302 g/mol. The molecule has 116 valence electrons. The number of ketones is 1. The van der Waals surface area contributed by atoms with Crippen LogP contribution in [0, 0.1) is 17.3 Å². The van der Waals surface area contributed by atoms with Crippen LogP contribution in [0.15, 0.2) is 36.5 Å². The molecular weight excluding hydrogens is 284 g/mol. The molecule has 22 heavy (non-hydrogen) atoms. The fourth-order valence-electron chi connectivity index (χ4n) is 4.00. The van der Waals surface area contributed by atoms with Crippen molar-refractivity contribution in [3.8, 4) is 0 Å². The molecule has 3 rings (SSSR count). The van der Waals surface area contributed by atoms with E-state index in [0.717, 1.165) is 0 Å². The minimum atomic E-state index is -0.565. The molecule has 0 N–H and O–H groups in total. The molecule has 0 aromatic carbocycles. The van der Waals surface area contributed by atoms with E-state index in [1.54, 1.807) is 0 Å². The Morgan fingerprint density at radius 2 is 2.05 bits per heavy atom. The van der Waals surface area contributed by atoms with Gasteiger partial charge < -0.3 is 9.47 Å². The minimum absolute atomic E-state index is 0.152. The topological polar surface area (TPSA) is 69.7 Å². The first-order valence-corrected chi connectivity index (χ1v) is 7.24. The summed E-state index contributed by atoms with van der Waals surface area (Å²) in [6.07, 6.45) is 2.75. The number of hydrogen-bond donors (Lipinski definition) is 0. The molecule has 0 radical (unpaired) electrons. The van der Waals surface area contributed by atoms with Gasteiger partial charge >= 0.3 is 11.9 Å². The lowest BCUT2D eigenvalue weighted by Crippen LogP contribution is -2.53. The summed E-state index contributed by atoms with van der Waals surface area (Å²) in [5.41, 5.74) is 0.286. The van der Waals surface area contributed by atoms with E-state index in [1.165, 1.54) is 13.0 Å². The number of carbonyl (C=O) groups excluding carboxylic acids is 3.